The highest BCUT2D eigenvalue weighted by Gasteiger charge is 2.34. The molecule has 0 aliphatic carbocycles. The maximum Gasteiger partial charge on any atom is 0.446 e. The molecule has 1 aromatic rings. The Morgan fingerprint density at radius 3 is 2.75 bits per heavy atom. The van der Waals surface area contributed by atoms with Crippen molar-refractivity contribution >= 4 is 17.7 Å². The maximum atomic E-state index is 12.5. The van der Waals surface area contributed by atoms with E-state index in [1.165, 1.54) is 29.2 Å². The summed E-state index contributed by atoms with van der Waals surface area (Å²) >= 11 is -0.287. The number of alkyl halides is 3. The molecule has 1 aromatic carbocycles. The molecule has 0 aromatic heterocycles. The van der Waals surface area contributed by atoms with Gasteiger partial charge in [-0.2, -0.15) is 13.2 Å². The molecule has 1 N–H and O–H groups in total. The number of carbonyl (C=O) groups excluding carboxylic acids is 1. The average molecular weight is 305 g/mol. The molecule has 3 nitrogen and oxygen atoms in total. The minimum atomic E-state index is -4.43. The fraction of sp³-hybridized carbons (Fsp3) is 0.462. The van der Waals surface area contributed by atoms with Crippen LogP contribution in [0.1, 0.15) is 23.2 Å². The second-order valence-corrected chi connectivity index (χ2v) is 5.63. The van der Waals surface area contributed by atoms with E-state index in [2.05, 4.69) is 0 Å². The first-order chi connectivity index (χ1) is 9.42. The van der Waals surface area contributed by atoms with Crippen LogP contribution in [-0.2, 0) is 0 Å². The van der Waals surface area contributed by atoms with Crippen molar-refractivity contribution in [1.82, 2.24) is 4.90 Å². The van der Waals surface area contributed by atoms with E-state index < -0.39 is 11.4 Å². The fourth-order valence-electron chi connectivity index (χ4n) is 2.30. The molecule has 0 saturated carbocycles. The summed E-state index contributed by atoms with van der Waals surface area (Å²) < 4.78 is 37.5. The second-order valence-electron chi connectivity index (χ2n) is 4.52. The molecule has 1 unspecified atom stereocenters. The van der Waals surface area contributed by atoms with E-state index in [9.17, 15) is 23.1 Å². The Hall–Kier alpha value is -1.21. The van der Waals surface area contributed by atoms with Crippen molar-refractivity contribution < 1.29 is 23.1 Å². The Bertz CT molecular complexity index is 493. The van der Waals surface area contributed by atoms with Crippen molar-refractivity contribution in [2.45, 2.75) is 29.3 Å². The highest BCUT2D eigenvalue weighted by molar-refractivity contribution is 8.00. The Balaban J connectivity index is 2.26. The molecule has 1 saturated heterocycles. The number of aliphatic hydroxyl groups is 1. The van der Waals surface area contributed by atoms with Crippen LogP contribution in [0.5, 0.6) is 0 Å². The molecule has 0 spiro atoms. The van der Waals surface area contributed by atoms with Gasteiger partial charge in [0.25, 0.3) is 5.91 Å². The molecule has 0 radical (unpaired) electrons. The quantitative estimate of drug-likeness (QED) is 0.873. The van der Waals surface area contributed by atoms with Crippen LogP contribution in [0.3, 0.4) is 0 Å². The first kappa shape index (κ1) is 15.2. The van der Waals surface area contributed by atoms with E-state index in [1.807, 2.05) is 0 Å². The Morgan fingerprint density at radius 2 is 2.10 bits per heavy atom. The zero-order valence-corrected chi connectivity index (χ0v) is 11.4. The number of nitrogens with zero attached hydrogens (tertiary/aromatic N) is 1. The van der Waals surface area contributed by atoms with Crippen LogP contribution >= 0.6 is 11.8 Å². The monoisotopic (exact) mass is 305 g/mol. The number of rotatable bonds is 3. The molecule has 1 aliphatic rings. The van der Waals surface area contributed by atoms with Gasteiger partial charge in [0.15, 0.2) is 0 Å². The number of benzene rings is 1. The smallest absolute Gasteiger partial charge is 0.394 e. The van der Waals surface area contributed by atoms with E-state index in [0.29, 0.717) is 13.0 Å². The van der Waals surface area contributed by atoms with Gasteiger partial charge in [-0.1, -0.05) is 12.1 Å². The lowest BCUT2D eigenvalue weighted by Gasteiger charge is -2.24. The summed E-state index contributed by atoms with van der Waals surface area (Å²) in [4.78, 5) is 13.7. The van der Waals surface area contributed by atoms with Crippen LogP contribution in [-0.4, -0.2) is 40.6 Å². The fourth-order valence-corrected chi connectivity index (χ4v) is 2.97. The predicted molar refractivity (Wildman–Crippen MR) is 69.5 cm³/mol. The predicted octanol–water partition coefficient (Wildman–Crippen LogP) is 2.90. The lowest BCUT2D eigenvalue weighted by Crippen LogP contribution is -2.37. The first-order valence-corrected chi connectivity index (χ1v) is 7.00. The largest absolute Gasteiger partial charge is 0.446 e. The minimum absolute atomic E-state index is 0.0372. The molecule has 1 atom stereocenters. The number of hydrogen-bond donors (Lipinski definition) is 1. The summed E-state index contributed by atoms with van der Waals surface area (Å²) in [5, 5.41) is 9.21. The van der Waals surface area contributed by atoms with Gasteiger partial charge in [0.2, 0.25) is 0 Å². The van der Waals surface area contributed by atoms with Gasteiger partial charge in [0.05, 0.1) is 18.2 Å². The lowest BCUT2D eigenvalue weighted by molar-refractivity contribution is -0.0328. The number of thioether (sulfide) groups is 1. The molecule has 7 heteroatoms. The SMILES string of the molecule is O=C(c1ccccc1SC(F)(F)F)N1CCCC1CO. The third-order valence-corrected chi connectivity index (χ3v) is 4.00. The number of carbonyl (C=O) groups is 1. The summed E-state index contributed by atoms with van der Waals surface area (Å²) in [6.45, 7) is 0.301. The molecule has 2 rings (SSSR count). The normalized spacial score (nSPS) is 19.4. The zero-order valence-electron chi connectivity index (χ0n) is 10.6. The molecule has 20 heavy (non-hydrogen) atoms. The van der Waals surface area contributed by atoms with Gasteiger partial charge >= 0.3 is 5.51 Å². The summed E-state index contributed by atoms with van der Waals surface area (Å²) in [7, 11) is 0. The zero-order chi connectivity index (χ0) is 14.8. The van der Waals surface area contributed by atoms with Gasteiger partial charge in [-0.15, -0.1) is 0 Å². The van der Waals surface area contributed by atoms with Crippen LogP contribution in [0.15, 0.2) is 29.2 Å². The van der Waals surface area contributed by atoms with Gasteiger partial charge in [-0.05, 0) is 36.7 Å². The highest BCUT2D eigenvalue weighted by Crippen LogP contribution is 2.39. The number of amides is 1. The summed E-state index contributed by atoms with van der Waals surface area (Å²) in [5.74, 6) is -0.450. The van der Waals surface area contributed by atoms with Crippen molar-refractivity contribution in [2.24, 2.45) is 0 Å². The molecule has 1 amide bonds. The Labute approximate surface area is 118 Å². The Kier molecular flexibility index (Phi) is 4.59. The molecule has 1 heterocycles. The van der Waals surface area contributed by atoms with Gasteiger partial charge in [0.1, 0.15) is 0 Å². The van der Waals surface area contributed by atoms with Crippen molar-refractivity contribution in [1.29, 1.82) is 0 Å². The number of likely N-dealkylation sites (tertiary alicyclic amines) is 1. The van der Waals surface area contributed by atoms with E-state index in [0.717, 1.165) is 6.42 Å². The first-order valence-electron chi connectivity index (χ1n) is 6.19. The third kappa shape index (κ3) is 3.46. The molecule has 1 fully saturated rings. The van der Waals surface area contributed by atoms with Crippen molar-refractivity contribution in [2.75, 3.05) is 13.2 Å². The van der Waals surface area contributed by atoms with Crippen LogP contribution in [0.4, 0.5) is 13.2 Å². The Morgan fingerprint density at radius 1 is 1.40 bits per heavy atom. The maximum absolute atomic E-state index is 12.5. The second kappa shape index (κ2) is 6.05. The standard InChI is InChI=1S/C13H14F3NO2S/c14-13(15,16)20-11-6-2-1-5-10(11)12(19)17-7-3-4-9(17)8-18/h1-2,5-6,9,18H,3-4,7-8H2. The van der Waals surface area contributed by atoms with Gasteiger partial charge in [-0.3, -0.25) is 4.79 Å². The topological polar surface area (TPSA) is 40.5 Å². The number of halogens is 3. The van der Waals surface area contributed by atoms with Crippen LogP contribution in [0.25, 0.3) is 0 Å². The van der Waals surface area contributed by atoms with E-state index in [4.69, 9.17) is 0 Å². The van der Waals surface area contributed by atoms with Gasteiger partial charge in [-0.25, -0.2) is 0 Å². The van der Waals surface area contributed by atoms with Gasteiger partial charge < -0.3 is 10.0 Å². The van der Waals surface area contributed by atoms with Crippen LogP contribution in [0.2, 0.25) is 0 Å². The summed E-state index contributed by atoms with van der Waals surface area (Å²) in [5.41, 5.74) is -4.40. The highest BCUT2D eigenvalue weighted by atomic mass is 32.2. The van der Waals surface area contributed by atoms with Crippen LogP contribution in [0, 0.1) is 0 Å². The van der Waals surface area contributed by atoms with Crippen molar-refractivity contribution in [3.05, 3.63) is 29.8 Å². The van der Waals surface area contributed by atoms with E-state index in [-0.39, 0.29) is 34.9 Å². The minimum Gasteiger partial charge on any atom is -0.394 e. The molecule has 1 aliphatic heterocycles. The molecule has 110 valence electrons. The molecular formula is C13H14F3NO2S. The van der Waals surface area contributed by atoms with Crippen molar-refractivity contribution in [3.63, 3.8) is 0 Å². The molecular weight excluding hydrogens is 291 g/mol. The summed E-state index contributed by atoms with van der Waals surface area (Å²) in [6.07, 6.45) is 1.43. The summed E-state index contributed by atoms with van der Waals surface area (Å²) in [6, 6.07) is 5.39. The van der Waals surface area contributed by atoms with Crippen molar-refractivity contribution in [3.8, 4) is 0 Å². The average Bonchev–Trinajstić information content (AvgIpc) is 2.85. The third-order valence-electron chi connectivity index (χ3n) is 3.19. The van der Waals surface area contributed by atoms with Crippen LogP contribution < -0.4 is 0 Å². The molecule has 0 bridgehead atoms. The lowest BCUT2D eigenvalue weighted by atomic mass is 10.1. The number of hydrogen-bond acceptors (Lipinski definition) is 3. The van der Waals surface area contributed by atoms with Gasteiger partial charge in [0, 0.05) is 11.4 Å². The van der Waals surface area contributed by atoms with E-state index >= 15 is 0 Å². The van der Waals surface area contributed by atoms with E-state index in [1.54, 1.807) is 0 Å². The number of aliphatic hydroxyl groups excluding tert-OH is 1.